The Bertz CT molecular complexity index is 1150. The molecule has 2 aromatic rings. The number of hydrogen-bond acceptors (Lipinski definition) is 6. The standard InChI is InChI=1S/C23H30N2O6S/c1-14-10-20(17(4)24(14)16(3)12-30-5)22(26)13-31-23(27)18-7-8-21-19(11-18)9-15(2)25(21)32(6,28)29/h7-8,10-11,15-16H,9,12-13H2,1-6H3. The lowest BCUT2D eigenvalue weighted by molar-refractivity contribution is 0.0474. The normalized spacial score (nSPS) is 16.7. The van der Waals surface area contributed by atoms with Crippen LogP contribution >= 0.6 is 0 Å². The first-order valence-corrected chi connectivity index (χ1v) is 12.3. The van der Waals surface area contributed by atoms with Crippen molar-refractivity contribution in [3.8, 4) is 0 Å². The van der Waals surface area contributed by atoms with Gasteiger partial charge in [-0.05, 0) is 63.9 Å². The summed E-state index contributed by atoms with van der Waals surface area (Å²) in [6.45, 7) is 7.77. The third-order valence-corrected chi connectivity index (χ3v) is 7.06. The minimum Gasteiger partial charge on any atom is -0.454 e. The van der Waals surface area contributed by atoms with Crippen LogP contribution in [0.1, 0.15) is 57.6 Å². The first-order chi connectivity index (χ1) is 15.0. The molecule has 0 saturated heterocycles. The van der Waals surface area contributed by atoms with Gasteiger partial charge in [-0.2, -0.15) is 0 Å². The summed E-state index contributed by atoms with van der Waals surface area (Å²) >= 11 is 0. The van der Waals surface area contributed by atoms with Crippen LogP contribution in [-0.2, 0) is 25.9 Å². The number of carbonyl (C=O) groups is 2. The fourth-order valence-electron chi connectivity index (χ4n) is 4.58. The van der Waals surface area contributed by atoms with Crippen molar-refractivity contribution in [2.75, 3.05) is 30.9 Å². The predicted molar refractivity (Wildman–Crippen MR) is 122 cm³/mol. The average Bonchev–Trinajstić information content (AvgIpc) is 3.20. The highest BCUT2D eigenvalue weighted by Crippen LogP contribution is 2.34. The topological polar surface area (TPSA) is 94.9 Å². The zero-order valence-corrected chi connectivity index (χ0v) is 20.2. The second-order valence-corrected chi connectivity index (χ2v) is 10.3. The fraction of sp³-hybridized carbons (Fsp3) is 0.478. The molecule has 1 aromatic carbocycles. The maximum absolute atomic E-state index is 12.7. The number of hydrogen-bond donors (Lipinski definition) is 0. The molecule has 9 heteroatoms. The van der Waals surface area contributed by atoms with Crippen LogP contribution in [0.3, 0.4) is 0 Å². The molecular formula is C23H30N2O6S. The molecule has 0 bridgehead atoms. The van der Waals surface area contributed by atoms with Crippen LogP contribution in [0.15, 0.2) is 24.3 Å². The van der Waals surface area contributed by atoms with Crippen LogP contribution in [0.2, 0.25) is 0 Å². The van der Waals surface area contributed by atoms with Gasteiger partial charge in [-0.3, -0.25) is 9.10 Å². The first kappa shape index (κ1) is 24.0. The summed E-state index contributed by atoms with van der Waals surface area (Å²) in [5.41, 5.74) is 3.89. The summed E-state index contributed by atoms with van der Waals surface area (Å²) in [5.74, 6) is -0.895. The van der Waals surface area contributed by atoms with E-state index in [1.807, 2.05) is 32.3 Å². The first-order valence-electron chi connectivity index (χ1n) is 10.5. The molecule has 0 radical (unpaired) electrons. The molecule has 1 aliphatic rings. The van der Waals surface area contributed by atoms with Gasteiger partial charge in [0.1, 0.15) is 0 Å². The number of nitrogens with zero attached hydrogens (tertiary/aromatic N) is 2. The summed E-state index contributed by atoms with van der Waals surface area (Å²) in [7, 11) is -1.77. The van der Waals surface area contributed by atoms with Gasteiger partial charge in [0, 0.05) is 30.1 Å². The Hall–Kier alpha value is -2.65. The van der Waals surface area contributed by atoms with Gasteiger partial charge in [-0.25, -0.2) is 13.2 Å². The molecule has 32 heavy (non-hydrogen) atoms. The summed E-state index contributed by atoms with van der Waals surface area (Å²) in [5, 5.41) is 0. The zero-order chi connectivity index (χ0) is 23.8. The summed E-state index contributed by atoms with van der Waals surface area (Å²) in [6, 6.07) is 6.44. The van der Waals surface area contributed by atoms with Gasteiger partial charge in [0.05, 0.1) is 30.2 Å². The second-order valence-electron chi connectivity index (χ2n) is 8.41. The Labute approximate surface area is 189 Å². The number of esters is 1. The van der Waals surface area contributed by atoms with Crippen molar-refractivity contribution in [2.24, 2.45) is 0 Å². The molecule has 174 valence electrons. The number of aromatic nitrogens is 1. The third-order valence-electron chi connectivity index (χ3n) is 5.79. The molecule has 0 amide bonds. The van der Waals surface area contributed by atoms with Crippen LogP contribution in [0.25, 0.3) is 0 Å². The van der Waals surface area contributed by atoms with E-state index in [-0.39, 0.29) is 24.5 Å². The van der Waals surface area contributed by atoms with E-state index in [2.05, 4.69) is 0 Å². The van der Waals surface area contributed by atoms with E-state index in [1.54, 1.807) is 25.3 Å². The lowest BCUT2D eigenvalue weighted by atomic mass is 10.1. The maximum atomic E-state index is 12.7. The molecule has 0 saturated carbocycles. The molecule has 1 aliphatic heterocycles. The molecular weight excluding hydrogens is 432 g/mol. The van der Waals surface area contributed by atoms with E-state index >= 15 is 0 Å². The van der Waals surface area contributed by atoms with Crippen LogP contribution < -0.4 is 4.31 Å². The average molecular weight is 463 g/mol. The van der Waals surface area contributed by atoms with E-state index in [4.69, 9.17) is 9.47 Å². The highest BCUT2D eigenvalue weighted by Gasteiger charge is 2.33. The zero-order valence-electron chi connectivity index (χ0n) is 19.3. The molecule has 2 unspecified atom stereocenters. The van der Waals surface area contributed by atoms with Crippen molar-refractivity contribution in [3.63, 3.8) is 0 Å². The monoisotopic (exact) mass is 462 g/mol. The Morgan fingerprint density at radius 2 is 1.91 bits per heavy atom. The number of ketones is 1. The lowest BCUT2D eigenvalue weighted by Gasteiger charge is -2.21. The van der Waals surface area contributed by atoms with Crippen LogP contribution in [0.4, 0.5) is 5.69 Å². The van der Waals surface area contributed by atoms with E-state index in [9.17, 15) is 18.0 Å². The molecule has 2 heterocycles. The number of rotatable bonds is 8. The van der Waals surface area contributed by atoms with Gasteiger partial charge in [0.2, 0.25) is 15.8 Å². The maximum Gasteiger partial charge on any atom is 0.338 e. The molecule has 3 rings (SSSR count). The minimum absolute atomic E-state index is 0.0735. The highest BCUT2D eigenvalue weighted by molar-refractivity contribution is 7.92. The minimum atomic E-state index is -3.40. The van der Waals surface area contributed by atoms with E-state index in [1.165, 1.54) is 16.6 Å². The van der Waals surface area contributed by atoms with Crippen molar-refractivity contribution in [3.05, 3.63) is 52.3 Å². The number of sulfonamides is 1. The number of anilines is 1. The number of ether oxygens (including phenoxy) is 2. The SMILES string of the molecule is COCC(C)n1c(C)cc(C(=O)COC(=O)c2ccc3c(c2)CC(C)N3S(C)(=O)=O)c1C. The summed E-state index contributed by atoms with van der Waals surface area (Å²) in [4.78, 5) is 25.3. The molecule has 8 nitrogen and oxygen atoms in total. The largest absolute Gasteiger partial charge is 0.454 e. The third kappa shape index (κ3) is 4.59. The lowest BCUT2D eigenvalue weighted by Crippen LogP contribution is -2.34. The van der Waals surface area contributed by atoms with Crippen molar-refractivity contribution in [1.29, 1.82) is 0 Å². The van der Waals surface area contributed by atoms with Crippen molar-refractivity contribution in [2.45, 2.75) is 46.2 Å². The van der Waals surface area contributed by atoms with Gasteiger partial charge >= 0.3 is 5.97 Å². The van der Waals surface area contributed by atoms with Gasteiger partial charge < -0.3 is 14.0 Å². The van der Waals surface area contributed by atoms with Crippen molar-refractivity contribution < 1.29 is 27.5 Å². The highest BCUT2D eigenvalue weighted by atomic mass is 32.2. The van der Waals surface area contributed by atoms with Gasteiger partial charge in [0.15, 0.2) is 6.61 Å². The fourth-order valence-corrected chi connectivity index (χ4v) is 5.84. The number of Topliss-reactive ketones (excluding diaryl/α,β-unsaturated/α-hetero) is 1. The van der Waals surface area contributed by atoms with E-state index in [0.717, 1.165) is 17.0 Å². The Morgan fingerprint density at radius 1 is 1.22 bits per heavy atom. The van der Waals surface area contributed by atoms with Crippen LogP contribution in [0, 0.1) is 13.8 Å². The molecule has 0 N–H and O–H groups in total. The summed E-state index contributed by atoms with van der Waals surface area (Å²) < 4.78 is 38.0. The van der Waals surface area contributed by atoms with E-state index in [0.29, 0.717) is 29.8 Å². The van der Waals surface area contributed by atoms with Gasteiger partial charge in [-0.1, -0.05) is 0 Å². The number of aryl methyl sites for hydroxylation is 1. The molecule has 0 fully saturated rings. The molecule has 0 spiro atoms. The number of fused-ring (bicyclic) bond motifs is 1. The number of carbonyl (C=O) groups excluding carboxylic acids is 2. The van der Waals surface area contributed by atoms with E-state index < -0.39 is 16.0 Å². The second kappa shape index (κ2) is 9.07. The number of benzene rings is 1. The number of methoxy groups -OCH3 is 1. The Balaban J connectivity index is 1.72. The van der Waals surface area contributed by atoms with Crippen molar-refractivity contribution in [1.82, 2.24) is 4.57 Å². The Kier molecular flexibility index (Phi) is 6.80. The predicted octanol–water partition coefficient (Wildman–Crippen LogP) is 3.06. The Morgan fingerprint density at radius 3 is 2.53 bits per heavy atom. The molecule has 1 aromatic heterocycles. The molecule has 0 aliphatic carbocycles. The summed E-state index contributed by atoms with van der Waals surface area (Å²) in [6.07, 6.45) is 1.67. The van der Waals surface area contributed by atoms with Crippen LogP contribution in [-0.4, -0.2) is 57.4 Å². The molecule has 2 atom stereocenters. The van der Waals surface area contributed by atoms with Crippen LogP contribution in [0.5, 0.6) is 0 Å². The smallest absolute Gasteiger partial charge is 0.338 e. The van der Waals surface area contributed by atoms with Crippen molar-refractivity contribution >= 4 is 27.5 Å². The van der Waals surface area contributed by atoms with Gasteiger partial charge in [-0.15, -0.1) is 0 Å². The van der Waals surface area contributed by atoms with Gasteiger partial charge in [0.25, 0.3) is 0 Å². The quantitative estimate of drug-likeness (QED) is 0.442.